The minimum atomic E-state index is -0.164. The van der Waals surface area contributed by atoms with Crippen LogP contribution in [0.15, 0.2) is 18.2 Å². The van der Waals surface area contributed by atoms with Crippen molar-refractivity contribution in [1.82, 2.24) is 4.90 Å². The summed E-state index contributed by atoms with van der Waals surface area (Å²) in [5.74, 6) is -0.164. The zero-order valence-electron chi connectivity index (χ0n) is 9.40. The maximum absolute atomic E-state index is 11.3. The van der Waals surface area contributed by atoms with Gasteiger partial charge in [0, 0.05) is 18.8 Å². The number of carbonyl (C=O) groups is 1. The minimum absolute atomic E-state index is 0.164. The lowest BCUT2D eigenvalue weighted by Crippen LogP contribution is -2.26. The molecule has 4 nitrogen and oxygen atoms in total. The first-order valence-corrected chi connectivity index (χ1v) is 5.44. The van der Waals surface area contributed by atoms with Crippen LogP contribution in [0.2, 0.25) is 0 Å². The van der Waals surface area contributed by atoms with Crippen molar-refractivity contribution in [1.29, 1.82) is 0 Å². The van der Waals surface area contributed by atoms with E-state index >= 15 is 0 Å². The molecule has 0 radical (unpaired) electrons. The summed E-state index contributed by atoms with van der Waals surface area (Å²) in [6, 6.07) is 5.89. The topological polar surface area (TPSA) is 55.6 Å². The summed E-state index contributed by atoms with van der Waals surface area (Å²) in [5, 5.41) is 0. The quantitative estimate of drug-likeness (QED) is 0.613. The number of nitrogens with two attached hydrogens (primary N) is 1. The largest absolute Gasteiger partial charge is 0.465 e. The van der Waals surface area contributed by atoms with E-state index in [1.54, 1.807) is 0 Å². The minimum Gasteiger partial charge on any atom is -0.465 e. The molecule has 4 heteroatoms. The van der Waals surface area contributed by atoms with Gasteiger partial charge in [0.25, 0.3) is 0 Å². The second-order valence-electron chi connectivity index (χ2n) is 3.98. The monoisotopic (exact) mass is 220 g/mol. The number of rotatable bonds is 3. The summed E-state index contributed by atoms with van der Waals surface area (Å²) in [6.45, 7) is 4.18. The van der Waals surface area contributed by atoms with Gasteiger partial charge in [-0.2, -0.15) is 0 Å². The van der Waals surface area contributed by atoms with Crippen molar-refractivity contribution in [3.8, 4) is 0 Å². The van der Waals surface area contributed by atoms with Crippen molar-refractivity contribution >= 4 is 11.7 Å². The highest BCUT2D eigenvalue weighted by Gasteiger charge is 2.21. The molecule has 2 N–H and O–H groups in total. The Labute approximate surface area is 95.0 Å². The molecule has 1 aromatic rings. The van der Waals surface area contributed by atoms with Crippen molar-refractivity contribution in [3.05, 3.63) is 29.3 Å². The zero-order chi connectivity index (χ0) is 11.5. The molecular formula is C12H16N2O2. The summed E-state index contributed by atoms with van der Waals surface area (Å²) < 4.78 is 4.92. The fraction of sp³-hybridized carbons (Fsp3) is 0.417. The van der Waals surface area contributed by atoms with E-state index in [0.29, 0.717) is 13.2 Å². The predicted molar refractivity (Wildman–Crippen MR) is 61.6 cm³/mol. The van der Waals surface area contributed by atoms with Gasteiger partial charge in [-0.25, -0.2) is 0 Å². The molecule has 16 heavy (non-hydrogen) atoms. The number of fused-ring (bicyclic) bond motifs is 1. The van der Waals surface area contributed by atoms with E-state index in [-0.39, 0.29) is 5.97 Å². The zero-order valence-corrected chi connectivity index (χ0v) is 9.40. The lowest BCUT2D eigenvalue weighted by atomic mass is 10.1. The Hall–Kier alpha value is -1.55. The number of nitrogens with zero attached hydrogens (tertiary/aromatic N) is 1. The molecule has 0 saturated carbocycles. The molecule has 0 amide bonds. The van der Waals surface area contributed by atoms with Crippen LogP contribution in [0.25, 0.3) is 0 Å². The van der Waals surface area contributed by atoms with Crippen LogP contribution in [0.5, 0.6) is 0 Å². The summed E-state index contributed by atoms with van der Waals surface area (Å²) in [6.07, 6.45) is 0. The van der Waals surface area contributed by atoms with Crippen molar-refractivity contribution in [2.24, 2.45) is 0 Å². The number of carbonyl (C=O) groups excluding carboxylic acids is 1. The van der Waals surface area contributed by atoms with E-state index in [1.807, 2.05) is 25.1 Å². The second-order valence-corrected chi connectivity index (χ2v) is 3.98. The van der Waals surface area contributed by atoms with Gasteiger partial charge in [-0.15, -0.1) is 0 Å². The molecule has 1 aromatic carbocycles. The van der Waals surface area contributed by atoms with Gasteiger partial charge in [0.15, 0.2) is 0 Å². The van der Waals surface area contributed by atoms with Crippen LogP contribution in [-0.4, -0.2) is 24.0 Å². The summed E-state index contributed by atoms with van der Waals surface area (Å²) in [5.41, 5.74) is 8.95. The standard InChI is InChI=1S/C12H16N2O2/c1-2-16-12(15)8-14-6-9-3-4-11(13)5-10(9)7-14/h3-5H,2,6-8,13H2,1H3. The van der Waals surface area contributed by atoms with E-state index < -0.39 is 0 Å². The molecule has 0 fully saturated rings. The van der Waals surface area contributed by atoms with E-state index in [1.165, 1.54) is 11.1 Å². The molecule has 0 atom stereocenters. The van der Waals surface area contributed by atoms with Crippen LogP contribution in [0.1, 0.15) is 18.1 Å². The van der Waals surface area contributed by atoms with Crippen molar-refractivity contribution in [3.63, 3.8) is 0 Å². The molecule has 86 valence electrons. The molecule has 1 aliphatic rings. The summed E-state index contributed by atoms with van der Waals surface area (Å²) in [4.78, 5) is 13.4. The number of nitrogen functional groups attached to an aromatic ring is 1. The molecule has 1 heterocycles. The SMILES string of the molecule is CCOC(=O)CN1Cc2ccc(N)cc2C1. The van der Waals surface area contributed by atoms with Gasteiger partial charge in [0.05, 0.1) is 13.2 Å². The van der Waals surface area contributed by atoms with E-state index in [4.69, 9.17) is 10.5 Å². The first-order valence-electron chi connectivity index (χ1n) is 5.44. The van der Waals surface area contributed by atoms with Gasteiger partial charge in [-0.1, -0.05) is 6.07 Å². The van der Waals surface area contributed by atoms with Crippen LogP contribution >= 0.6 is 0 Å². The lowest BCUT2D eigenvalue weighted by molar-refractivity contribution is -0.144. The third-order valence-corrected chi connectivity index (χ3v) is 2.68. The number of anilines is 1. The highest BCUT2D eigenvalue weighted by atomic mass is 16.5. The smallest absolute Gasteiger partial charge is 0.320 e. The first kappa shape index (κ1) is 11.0. The molecule has 0 spiro atoms. The van der Waals surface area contributed by atoms with Crippen molar-refractivity contribution in [2.45, 2.75) is 20.0 Å². The summed E-state index contributed by atoms with van der Waals surface area (Å²) in [7, 11) is 0. The van der Waals surface area contributed by atoms with Crippen LogP contribution in [0.3, 0.4) is 0 Å². The molecule has 1 aliphatic heterocycles. The van der Waals surface area contributed by atoms with E-state index in [0.717, 1.165) is 18.8 Å². The Kier molecular flexibility index (Phi) is 3.10. The Balaban J connectivity index is 1.97. The first-order chi connectivity index (χ1) is 7.69. The third kappa shape index (κ3) is 2.33. The third-order valence-electron chi connectivity index (χ3n) is 2.68. The number of ether oxygens (including phenoxy) is 1. The van der Waals surface area contributed by atoms with Gasteiger partial charge >= 0.3 is 5.97 Å². The molecule has 0 saturated heterocycles. The van der Waals surface area contributed by atoms with Crippen molar-refractivity contribution in [2.75, 3.05) is 18.9 Å². The van der Waals surface area contributed by atoms with Crippen LogP contribution in [0.4, 0.5) is 5.69 Å². The van der Waals surface area contributed by atoms with Gasteiger partial charge in [0.2, 0.25) is 0 Å². The van der Waals surface area contributed by atoms with Crippen LogP contribution in [0, 0.1) is 0 Å². The van der Waals surface area contributed by atoms with E-state index in [2.05, 4.69) is 4.90 Å². The lowest BCUT2D eigenvalue weighted by Gasteiger charge is -2.12. The normalized spacial score (nSPS) is 14.8. The molecule has 0 aromatic heterocycles. The Morgan fingerprint density at radius 2 is 2.19 bits per heavy atom. The number of hydrogen-bond acceptors (Lipinski definition) is 4. The average Bonchev–Trinajstić information content (AvgIpc) is 2.59. The highest BCUT2D eigenvalue weighted by molar-refractivity contribution is 5.71. The number of hydrogen-bond donors (Lipinski definition) is 1. The van der Waals surface area contributed by atoms with Crippen molar-refractivity contribution < 1.29 is 9.53 Å². The molecule has 2 rings (SSSR count). The Morgan fingerprint density at radius 1 is 1.44 bits per heavy atom. The Morgan fingerprint density at radius 3 is 2.94 bits per heavy atom. The number of benzene rings is 1. The predicted octanol–water partition coefficient (Wildman–Crippen LogP) is 1.15. The average molecular weight is 220 g/mol. The number of esters is 1. The van der Waals surface area contributed by atoms with Gasteiger partial charge in [0.1, 0.15) is 0 Å². The van der Waals surface area contributed by atoms with Gasteiger partial charge in [-0.3, -0.25) is 9.69 Å². The molecule has 0 aliphatic carbocycles. The fourth-order valence-electron chi connectivity index (χ4n) is 1.99. The van der Waals surface area contributed by atoms with Gasteiger partial charge < -0.3 is 10.5 Å². The van der Waals surface area contributed by atoms with Crippen LogP contribution in [-0.2, 0) is 22.6 Å². The highest BCUT2D eigenvalue weighted by Crippen LogP contribution is 2.24. The molecular weight excluding hydrogens is 204 g/mol. The molecule has 0 bridgehead atoms. The Bertz CT molecular complexity index is 404. The maximum Gasteiger partial charge on any atom is 0.320 e. The van der Waals surface area contributed by atoms with Crippen LogP contribution < -0.4 is 5.73 Å². The van der Waals surface area contributed by atoms with Gasteiger partial charge in [-0.05, 0) is 30.2 Å². The molecule has 0 unspecified atom stereocenters. The summed E-state index contributed by atoms with van der Waals surface area (Å²) >= 11 is 0. The second kappa shape index (κ2) is 4.53. The maximum atomic E-state index is 11.3. The van der Waals surface area contributed by atoms with E-state index in [9.17, 15) is 4.79 Å². The fourth-order valence-corrected chi connectivity index (χ4v) is 1.99.